The van der Waals surface area contributed by atoms with Gasteiger partial charge in [0.2, 0.25) is 5.91 Å². The minimum atomic E-state index is -0.0280. The Hall–Kier alpha value is -2.50. The molecule has 0 fully saturated rings. The molecule has 6 nitrogen and oxygen atoms in total. The lowest BCUT2D eigenvalue weighted by Gasteiger charge is -2.17. The molecule has 0 radical (unpaired) electrons. The van der Waals surface area contributed by atoms with Gasteiger partial charge in [-0.15, -0.1) is 0 Å². The van der Waals surface area contributed by atoms with Crippen LogP contribution >= 0.6 is 0 Å². The largest absolute Gasteiger partial charge is 0.356 e. The van der Waals surface area contributed by atoms with E-state index in [1.807, 2.05) is 25.4 Å². The van der Waals surface area contributed by atoms with Gasteiger partial charge in [-0.1, -0.05) is 6.08 Å². The van der Waals surface area contributed by atoms with Gasteiger partial charge in [0.1, 0.15) is 0 Å². The Labute approximate surface area is 116 Å². The van der Waals surface area contributed by atoms with Crippen molar-refractivity contribution in [3.05, 3.63) is 36.4 Å². The average molecular weight is 269 g/mol. The van der Waals surface area contributed by atoms with Crippen LogP contribution in [-0.2, 0) is 4.79 Å². The number of H-pyrrole nitrogens is 1. The topological polar surface area (TPSA) is 82.5 Å². The molecular weight excluding hydrogens is 254 g/mol. The normalized spacial score (nSPS) is 20.1. The number of nitrogens with zero attached hydrogens (tertiary/aromatic N) is 3. The predicted octanol–water partition coefficient (Wildman–Crippen LogP) is 1.32. The third kappa shape index (κ3) is 2.20. The lowest BCUT2D eigenvalue weighted by Crippen LogP contribution is -2.31. The van der Waals surface area contributed by atoms with Crippen LogP contribution in [0.2, 0.25) is 0 Å². The van der Waals surface area contributed by atoms with E-state index in [4.69, 9.17) is 0 Å². The van der Waals surface area contributed by atoms with Gasteiger partial charge in [-0.05, 0) is 12.5 Å². The molecule has 1 aromatic rings. The van der Waals surface area contributed by atoms with Crippen molar-refractivity contribution < 1.29 is 4.79 Å². The van der Waals surface area contributed by atoms with Crippen molar-refractivity contribution in [2.24, 2.45) is 15.9 Å². The number of rotatable bonds is 4. The Kier molecular flexibility index (Phi) is 3.28. The summed E-state index contributed by atoms with van der Waals surface area (Å²) in [7, 11) is 0. The third-order valence-corrected chi connectivity index (χ3v) is 3.31. The fourth-order valence-electron chi connectivity index (χ4n) is 2.39. The van der Waals surface area contributed by atoms with Crippen molar-refractivity contribution in [3.63, 3.8) is 0 Å². The number of aliphatic imine (C=N–C) groups is 2. The lowest BCUT2D eigenvalue weighted by atomic mass is 9.88. The molecule has 1 unspecified atom stereocenters. The van der Waals surface area contributed by atoms with E-state index in [-0.39, 0.29) is 18.2 Å². The first kappa shape index (κ1) is 12.5. The summed E-state index contributed by atoms with van der Waals surface area (Å²) in [4.78, 5) is 20.4. The highest BCUT2D eigenvalue weighted by molar-refractivity contribution is 6.49. The minimum absolute atomic E-state index is 0.0280. The lowest BCUT2D eigenvalue weighted by molar-refractivity contribution is -0.119. The van der Waals surface area contributed by atoms with Gasteiger partial charge in [0.05, 0.1) is 30.0 Å². The van der Waals surface area contributed by atoms with Crippen molar-refractivity contribution in [2.45, 2.75) is 13.3 Å². The van der Waals surface area contributed by atoms with Crippen LogP contribution in [0.4, 0.5) is 0 Å². The van der Waals surface area contributed by atoms with Gasteiger partial charge < -0.3 is 5.32 Å². The maximum atomic E-state index is 11.7. The molecule has 1 aromatic heterocycles. The molecule has 2 N–H and O–H groups in total. The predicted molar refractivity (Wildman–Crippen MR) is 77.4 cm³/mol. The summed E-state index contributed by atoms with van der Waals surface area (Å²) >= 11 is 0. The second kappa shape index (κ2) is 5.24. The Bertz CT molecular complexity index is 637. The van der Waals surface area contributed by atoms with E-state index in [1.165, 1.54) is 0 Å². The van der Waals surface area contributed by atoms with E-state index in [9.17, 15) is 4.79 Å². The molecule has 2 aliphatic heterocycles. The number of hydrogen-bond donors (Lipinski definition) is 2. The summed E-state index contributed by atoms with van der Waals surface area (Å²) in [6.45, 7) is 2.52. The van der Waals surface area contributed by atoms with Gasteiger partial charge in [-0.25, -0.2) is 0 Å². The van der Waals surface area contributed by atoms with Gasteiger partial charge in [0, 0.05) is 30.7 Å². The molecular formula is C14H15N5O. The summed E-state index contributed by atoms with van der Waals surface area (Å²) in [5.41, 5.74) is 3.68. The Morgan fingerprint density at radius 1 is 1.45 bits per heavy atom. The molecule has 20 heavy (non-hydrogen) atoms. The first-order chi connectivity index (χ1) is 9.79. The van der Waals surface area contributed by atoms with Gasteiger partial charge in [0.25, 0.3) is 0 Å². The molecule has 0 saturated carbocycles. The van der Waals surface area contributed by atoms with Crippen LogP contribution in [-0.4, -0.2) is 34.1 Å². The number of carbonyl (C=O) groups is 1. The Morgan fingerprint density at radius 3 is 3.10 bits per heavy atom. The van der Waals surface area contributed by atoms with Gasteiger partial charge in [-0.2, -0.15) is 5.10 Å². The van der Waals surface area contributed by atoms with Crippen LogP contribution in [0.25, 0.3) is 5.57 Å². The molecule has 1 atom stereocenters. The molecule has 0 bridgehead atoms. The van der Waals surface area contributed by atoms with Crippen molar-refractivity contribution >= 4 is 22.9 Å². The maximum Gasteiger partial charge on any atom is 0.226 e. The van der Waals surface area contributed by atoms with E-state index in [0.29, 0.717) is 6.54 Å². The number of aromatic amines is 1. The van der Waals surface area contributed by atoms with E-state index in [2.05, 4.69) is 25.5 Å². The van der Waals surface area contributed by atoms with Crippen LogP contribution in [0, 0.1) is 5.92 Å². The molecule has 0 saturated heterocycles. The monoisotopic (exact) mass is 269 g/mol. The SMILES string of the molecule is CCNC(=O)CC1=NC=CC2C(c3cn[nH]c3)=CN=C12. The highest BCUT2D eigenvalue weighted by Crippen LogP contribution is 2.32. The van der Waals surface area contributed by atoms with Gasteiger partial charge in [-0.3, -0.25) is 19.9 Å². The Balaban J connectivity index is 1.78. The zero-order valence-corrected chi connectivity index (χ0v) is 11.1. The van der Waals surface area contributed by atoms with Crippen LogP contribution in [0.15, 0.2) is 40.9 Å². The van der Waals surface area contributed by atoms with Gasteiger partial charge in [0.15, 0.2) is 0 Å². The average Bonchev–Trinajstić information content (AvgIpc) is 3.07. The molecule has 6 heteroatoms. The summed E-state index contributed by atoms with van der Waals surface area (Å²) in [6.07, 6.45) is 9.44. The number of carbonyl (C=O) groups excluding carboxylic acids is 1. The summed E-state index contributed by atoms with van der Waals surface area (Å²) < 4.78 is 0. The molecule has 3 rings (SSSR count). The fourth-order valence-corrected chi connectivity index (χ4v) is 2.39. The quantitative estimate of drug-likeness (QED) is 0.864. The molecule has 3 heterocycles. The third-order valence-electron chi connectivity index (χ3n) is 3.31. The van der Waals surface area contributed by atoms with Gasteiger partial charge >= 0.3 is 0 Å². The summed E-state index contributed by atoms with van der Waals surface area (Å²) in [6, 6.07) is 0. The highest BCUT2D eigenvalue weighted by atomic mass is 16.1. The number of fused-ring (bicyclic) bond motifs is 1. The van der Waals surface area contributed by atoms with Crippen LogP contribution in [0.5, 0.6) is 0 Å². The second-order valence-electron chi connectivity index (χ2n) is 4.61. The molecule has 0 spiro atoms. The zero-order chi connectivity index (χ0) is 13.9. The number of allylic oxidation sites excluding steroid dienone is 2. The van der Waals surface area contributed by atoms with Crippen molar-refractivity contribution in [3.8, 4) is 0 Å². The maximum absolute atomic E-state index is 11.7. The number of nitrogens with one attached hydrogen (secondary N) is 2. The summed E-state index contributed by atoms with van der Waals surface area (Å²) in [5.74, 6) is 0.0364. The second-order valence-corrected chi connectivity index (χ2v) is 4.61. The summed E-state index contributed by atoms with van der Waals surface area (Å²) in [5, 5.41) is 9.54. The van der Waals surface area contributed by atoms with E-state index >= 15 is 0 Å². The van der Waals surface area contributed by atoms with Crippen LogP contribution < -0.4 is 5.32 Å². The smallest absolute Gasteiger partial charge is 0.226 e. The Morgan fingerprint density at radius 2 is 2.35 bits per heavy atom. The first-order valence-electron chi connectivity index (χ1n) is 6.57. The number of aromatic nitrogens is 2. The van der Waals surface area contributed by atoms with E-state index in [0.717, 1.165) is 22.6 Å². The zero-order valence-electron chi connectivity index (χ0n) is 11.1. The fraction of sp³-hybridized carbons (Fsp3) is 0.286. The van der Waals surface area contributed by atoms with Crippen LogP contribution in [0.1, 0.15) is 18.9 Å². The minimum Gasteiger partial charge on any atom is -0.356 e. The van der Waals surface area contributed by atoms with E-state index < -0.39 is 0 Å². The molecule has 102 valence electrons. The van der Waals surface area contributed by atoms with Crippen LogP contribution in [0.3, 0.4) is 0 Å². The highest BCUT2D eigenvalue weighted by Gasteiger charge is 2.30. The molecule has 0 aliphatic carbocycles. The number of hydrogen-bond acceptors (Lipinski definition) is 4. The molecule has 2 aliphatic rings. The number of amides is 1. The van der Waals surface area contributed by atoms with Crippen molar-refractivity contribution in [1.82, 2.24) is 15.5 Å². The van der Waals surface area contributed by atoms with Crippen molar-refractivity contribution in [2.75, 3.05) is 6.54 Å². The first-order valence-corrected chi connectivity index (χ1v) is 6.57. The van der Waals surface area contributed by atoms with Crippen molar-refractivity contribution in [1.29, 1.82) is 0 Å². The standard InChI is InChI=1S/C14H15N5O/c1-2-15-13(20)5-12-14-10(3-4-16-12)11(8-17-14)9-6-18-19-7-9/h3-4,6-8,10H,2,5H2,1H3,(H,15,20)(H,18,19). The van der Waals surface area contributed by atoms with E-state index in [1.54, 1.807) is 12.4 Å². The molecule has 1 amide bonds. The molecule has 0 aromatic carbocycles.